The number of phenolic OH excluding ortho intramolecular Hbond substituents is 1. The van der Waals surface area contributed by atoms with Crippen molar-refractivity contribution in [1.29, 1.82) is 5.26 Å². The number of hydrazine groups is 1. The van der Waals surface area contributed by atoms with Gasteiger partial charge in [0.15, 0.2) is 5.75 Å². The maximum Gasteiger partial charge on any atom is 0.157 e. The summed E-state index contributed by atoms with van der Waals surface area (Å²) < 4.78 is 0. The number of nitriles is 1. The molecule has 0 unspecified atom stereocenters. The third-order valence-corrected chi connectivity index (χ3v) is 1.31. The fraction of sp³-hybridized carbons (Fsp3) is 0. The van der Waals surface area contributed by atoms with Crippen molar-refractivity contribution in [1.82, 2.24) is 0 Å². The molecule has 0 fully saturated rings. The van der Waals surface area contributed by atoms with Crippen LogP contribution < -0.4 is 11.3 Å². The van der Waals surface area contributed by atoms with Gasteiger partial charge in [0.1, 0.15) is 6.07 Å². The predicted octanol–water partition coefficient (Wildman–Crippen LogP) is 0.549. The fourth-order valence-electron chi connectivity index (χ4n) is 0.750. The largest absolute Gasteiger partial charge is 0.504 e. The molecule has 1 aromatic rings. The van der Waals surface area contributed by atoms with E-state index < -0.39 is 0 Å². The summed E-state index contributed by atoms with van der Waals surface area (Å²) in [5.74, 6) is 4.94. The lowest BCUT2D eigenvalue weighted by Gasteiger charge is -2.02. The van der Waals surface area contributed by atoms with E-state index in [1.165, 1.54) is 6.07 Å². The molecule has 4 nitrogen and oxygen atoms in total. The number of hydrogen-bond donors (Lipinski definition) is 3. The molecule has 0 heterocycles. The number of anilines is 1. The first-order valence-electron chi connectivity index (χ1n) is 2.98. The van der Waals surface area contributed by atoms with Crippen LogP contribution >= 0.6 is 0 Å². The lowest BCUT2D eigenvalue weighted by atomic mass is 10.2. The summed E-state index contributed by atoms with van der Waals surface area (Å²) in [7, 11) is 0. The average molecular weight is 149 g/mol. The maximum atomic E-state index is 9.22. The van der Waals surface area contributed by atoms with Gasteiger partial charge in [-0.05, 0) is 12.1 Å². The second-order valence-corrected chi connectivity index (χ2v) is 1.96. The molecule has 0 saturated heterocycles. The summed E-state index contributed by atoms with van der Waals surface area (Å²) in [6, 6.07) is 6.55. The van der Waals surface area contributed by atoms with Gasteiger partial charge in [-0.15, -0.1) is 0 Å². The number of phenols is 1. The van der Waals surface area contributed by atoms with Crippen LogP contribution in [0.25, 0.3) is 0 Å². The normalized spacial score (nSPS) is 8.73. The van der Waals surface area contributed by atoms with E-state index in [1.54, 1.807) is 12.1 Å². The van der Waals surface area contributed by atoms with Crippen LogP contribution in [0.15, 0.2) is 18.2 Å². The van der Waals surface area contributed by atoms with E-state index in [2.05, 4.69) is 5.43 Å². The van der Waals surface area contributed by atoms with Crippen LogP contribution in [-0.2, 0) is 0 Å². The predicted molar refractivity (Wildman–Crippen MR) is 40.6 cm³/mol. The van der Waals surface area contributed by atoms with E-state index in [1.807, 2.05) is 6.07 Å². The van der Waals surface area contributed by atoms with Gasteiger partial charge in [0.25, 0.3) is 0 Å². The Kier molecular flexibility index (Phi) is 1.95. The van der Waals surface area contributed by atoms with Gasteiger partial charge in [-0.2, -0.15) is 5.26 Å². The molecule has 1 aromatic carbocycles. The highest BCUT2D eigenvalue weighted by Crippen LogP contribution is 2.25. The van der Waals surface area contributed by atoms with Crippen molar-refractivity contribution in [2.24, 2.45) is 5.84 Å². The molecule has 1 rings (SSSR count). The first-order chi connectivity index (χ1) is 5.29. The minimum atomic E-state index is -0.113. The summed E-state index contributed by atoms with van der Waals surface area (Å²) in [5.41, 5.74) is 2.83. The minimum Gasteiger partial charge on any atom is -0.504 e. The first-order valence-corrected chi connectivity index (χ1v) is 2.98. The van der Waals surface area contributed by atoms with Crippen LogP contribution in [0.4, 0.5) is 5.69 Å². The molecule has 0 spiro atoms. The highest BCUT2D eigenvalue weighted by Gasteiger charge is 2.03. The Labute approximate surface area is 63.8 Å². The zero-order chi connectivity index (χ0) is 8.27. The van der Waals surface area contributed by atoms with Crippen LogP contribution in [0.1, 0.15) is 5.56 Å². The number of rotatable bonds is 1. The fourth-order valence-corrected chi connectivity index (χ4v) is 0.750. The molecule has 0 aliphatic heterocycles. The standard InChI is InChI=1S/C7H7N3O/c8-4-5-2-1-3-6(10-9)7(5)11/h1-3,10-11H,9H2. The van der Waals surface area contributed by atoms with Crippen LogP contribution in [0.5, 0.6) is 5.75 Å². The zero-order valence-electron chi connectivity index (χ0n) is 5.70. The van der Waals surface area contributed by atoms with Crippen molar-refractivity contribution in [3.8, 4) is 11.8 Å². The van der Waals surface area contributed by atoms with Gasteiger partial charge in [-0.3, -0.25) is 5.84 Å². The number of nitrogens with zero attached hydrogens (tertiary/aromatic N) is 1. The van der Waals surface area contributed by atoms with Gasteiger partial charge in [0, 0.05) is 0 Å². The van der Waals surface area contributed by atoms with E-state index in [-0.39, 0.29) is 11.3 Å². The Hall–Kier alpha value is -1.73. The van der Waals surface area contributed by atoms with Gasteiger partial charge >= 0.3 is 0 Å². The molecule has 0 radical (unpaired) electrons. The van der Waals surface area contributed by atoms with Crippen LogP contribution in [0, 0.1) is 11.3 Å². The topological polar surface area (TPSA) is 82.1 Å². The highest BCUT2D eigenvalue weighted by atomic mass is 16.3. The number of nitrogen functional groups attached to an aromatic ring is 1. The monoisotopic (exact) mass is 149 g/mol. The highest BCUT2D eigenvalue weighted by molar-refractivity contribution is 5.61. The Bertz CT molecular complexity index is 303. The molecule has 4 N–H and O–H groups in total. The van der Waals surface area contributed by atoms with E-state index in [9.17, 15) is 5.11 Å². The van der Waals surface area contributed by atoms with E-state index in [4.69, 9.17) is 11.1 Å². The summed E-state index contributed by atoms with van der Waals surface area (Å²) in [6.07, 6.45) is 0. The molecule has 0 amide bonds. The van der Waals surface area contributed by atoms with Crippen molar-refractivity contribution >= 4 is 5.69 Å². The first kappa shape index (κ1) is 7.38. The zero-order valence-corrected chi connectivity index (χ0v) is 5.70. The third kappa shape index (κ3) is 1.23. The smallest absolute Gasteiger partial charge is 0.157 e. The van der Waals surface area contributed by atoms with Crippen LogP contribution in [0.3, 0.4) is 0 Å². The molecule has 0 saturated carbocycles. The molecule has 56 valence electrons. The third-order valence-electron chi connectivity index (χ3n) is 1.31. The van der Waals surface area contributed by atoms with E-state index in [0.717, 1.165) is 0 Å². The molecule has 11 heavy (non-hydrogen) atoms. The number of aromatic hydroxyl groups is 1. The van der Waals surface area contributed by atoms with E-state index >= 15 is 0 Å². The summed E-state index contributed by atoms with van der Waals surface area (Å²) in [4.78, 5) is 0. The van der Waals surface area contributed by atoms with Crippen LogP contribution in [-0.4, -0.2) is 5.11 Å². The Morgan fingerprint density at radius 2 is 2.27 bits per heavy atom. The molecule has 0 aromatic heterocycles. The summed E-state index contributed by atoms with van der Waals surface area (Å²) in [5, 5.41) is 17.7. The van der Waals surface area contributed by atoms with Gasteiger partial charge < -0.3 is 10.5 Å². The molecule has 0 bridgehead atoms. The summed E-state index contributed by atoms with van der Waals surface area (Å²) in [6.45, 7) is 0. The second-order valence-electron chi connectivity index (χ2n) is 1.96. The average Bonchev–Trinajstić information content (AvgIpc) is 2.05. The Morgan fingerprint density at radius 1 is 1.55 bits per heavy atom. The number of hydrogen-bond acceptors (Lipinski definition) is 4. The van der Waals surface area contributed by atoms with Crippen molar-refractivity contribution < 1.29 is 5.11 Å². The molecule has 4 heteroatoms. The molecule has 0 aliphatic carbocycles. The molecular weight excluding hydrogens is 142 g/mol. The second kappa shape index (κ2) is 2.90. The van der Waals surface area contributed by atoms with Crippen molar-refractivity contribution in [2.75, 3.05) is 5.43 Å². The molecular formula is C7H7N3O. The lowest BCUT2D eigenvalue weighted by molar-refractivity contribution is 0.475. The van der Waals surface area contributed by atoms with Crippen molar-refractivity contribution in [2.45, 2.75) is 0 Å². The maximum absolute atomic E-state index is 9.22. The van der Waals surface area contributed by atoms with Crippen molar-refractivity contribution in [3.63, 3.8) is 0 Å². The van der Waals surface area contributed by atoms with Gasteiger partial charge in [0.2, 0.25) is 0 Å². The SMILES string of the molecule is N#Cc1cccc(NN)c1O. The van der Waals surface area contributed by atoms with Crippen molar-refractivity contribution in [3.05, 3.63) is 23.8 Å². The number of para-hydroxylation sites is 1. The van der Waals surface area contributed by atoms with Gasteiger partial charge in [-0.25, -0.2) is 0 Å². The van der Waals surface area contributed by atoms with Gasteiger partial charge in [-0.1, -0.05) is 6.07 Å². The van der Waals surface area contributed by atoms with E-state index in [0.29, 0.717) is 5.69 Å². The minimum absolute atomic E-state index is 0.113. The molecule has 0 atom stereocenters. The Morgan fingerprint density at radius 3 is 2.82 bits per heavy atom. The number of benzene rings is 1. The van der Waals surface area contributed by atoms with Crippen LogP contribution in [0.2, 0.25) is 0 Å². The van der Waals surface area contributed by atoms with Gasteiger partial charge in [0.05, 0.1) is 11.3 Å². The number of nitrogens with one attached hydrogen (secondary N) is 1. The lowest BCUT2D eigenvalue weighted by Crippen LogP contribution is -2.06. The molecule has 0 aliphatic rings. The number of nitrogens with two attached hydrogens (primary N) is 1. The summed E-state index contributed by atoms with van der Waals surface area (Å²) >= 11 is 0. The Balaban J connectivity index is 3.23. The quantitative estimate of drug-likeness (QED) is 0.309.